The number of para-hydroxylation sites is 2. The molecule has 0 saturated carbocycles. The topological polar surface area (TPSA) is 209 Å². The first-order chi connectivity index (χ1) is 30.7. The number of nitrogens with one attached hydrogen (secondary N) is 4. The van der Waals surface area contributed by atoms with E-state index < -0.39 is 47.3 Å². The lowest BCUT2D eigenvalue weighted by molar-refractivity contribution is -0.127. The van der Waals surface area contributed by atoms with E-state index in [9.17, 15) is 28.8 Å². The number of Topliss-reactive ketones (excluding diaryl/α,β-unsaturated/α-hetero) is 2. The number of rotatable bonds is 19. The number of carbonyl (C=O) groups is 6. The van der Waals surface area contributed by atoms with E-state index in [1.165, 1.54) is 54.6 Å². The Morgan fingerprint density at radius 1 is 0.562 bits per heavy atom. The molecule has 4 amide bonds. The van der Waals surface area contributed by atoms with Crippen molar-refractivity contribution in [3.63, 3.8) is 0 Å². The second-order valence-corrected chi connectivity index (χ2v) is 15.2. The number of anilines is 4. The third-order valence-electron chi connectivity index (χ3n) is 8.89. The Morgan fingerprint density at radius 3 is 1.48 bits per heavy atom. The van der Waals surface area contributed by atoms with Crippen LogP contribution in [0.25, 0.3) is 0 Å². The first-order valence-corrected chi connectivity index (χ1v) is 21.4. The molecule has 0 bridgehead atoms. The SMILES string of the molecule is CC(=O)C(N=Nc1ccc(Cl)c(C(=O)Nc2ccccc2CCl)c1)C(=O)Nc1ccc(NC(=O)C(N=Nc2ccc(Cl)c(C(=O)Nc3ccccc3CCl)c2)C(C)=O)c(OCCCl)c1. The molecule has 0 spiro atoms. The summed E-state index contributed by atoms with van der Waals surface area (Å²) in [6, 6.07) is 23.3. The second kappa shape index (κ2) is 23.5. The number of amides is 4. The predicted octanol–water partition coefficient (Wildman–Crippen LogP) is 11.0. The molecule has 64 heavy (non-hydrogen) atoms. The minimum atomic E-state index is -1.63. The van der Waals surface area contributed by atoms with Gasteiger partial charge in [-0.1, -0.05) is 59.6 Å². The molecule has 0 heterocycles. The molecule has 4 N–H and O–H groups in total. The van der Waals surface area contributed by atoms with Crippen LogP contribution in [-0.4, -0.2) is 59.8 Å². The summed E-state index contributed by atoms with van der Waals surface area (Å²) in [6.07, 6.45) is 0. The van der Waals surface area contributed by atoms with E-state index in [1.54, 1.807) is 48.5 Å². The van der Waals surface area contributed by atoms with Crippen LogP contribution in [0.2, 0.25) is 10.0 Å². The van der Waals surface area contributed by atoms with E-state index in [1.807, 2.05) is 0 Å². The molecule has 5 rings (SSSR count). The van der Waals surface area contributed by atoms with E-state index in [4.69, 9.17) is 62.7 Å². The van der Waals surface area contributed by atoms with E-state index >= 15 is 0 Å². The summed E-state index contributed by atoms with van der Waals surface area (Å²) in [7, 11) is 0. The maximum absolute atomic E-state index is 13.5. The van der Waals surface area contributed by atoms with Gasteiger partial charge in [0.2, 0.25) is 12.1 Å². The van der Waals surface area contributed by atoms with E-state index in [0.717, 1.165) is 13.8 Å². The number of azo groups is 2. The summed E-state index contributed by atoms with van der Waals surface area (Å²) in [5.41, 5.74) is 2.95. The van der Waals surface area contributed by atoms with Gasteiger partial charge in [0.05, 0.1) is 44.1 Å². The van der Waals surface area contributed by atoms with Crippen LogP contribution >= 0.6 is 58.0 Å². The van der Waals surface area contributed by atoms with Gasteiger partial charge in [-0.2, -0.15) is 20.5 Å². The van der Waals surface area contributed by atoms with Crippen LogP contribution < -0.4 is 26.0 Å². The minimum absolute atomic E-state index is 0.0216. The number of hydrogen-bond donors (Lipinski definition) is 4. The first kappa shape index (κ1) is 48.8. The standard InChI is InChI=1S/C44H37Cl5N8O7/c1-24(58)39(56-54-29-11-14-33(48)31(19-29)41(60)51-35-9-5-3-7-26(35)22-46)43(62)50-28-13-16-37(38(21-28)64-18-17-45)53-44(63)40(25(2)59)57-55-30-12-15-34(49)32(20-30)42(61)52-36-10-6-4-8-27(36)23-47/h3-16,19-21,39-40H,17-18,22-23H2,1-2H3,(H,50,62)(H,51,60)(H,52,61)(H,53,63). The first-order valence-electron chi connectivity index (χ1n) is 19.0. The van der Waals surface area contributed by atoms with Crippen LogP contribution in [0.3, 0.4) is 0 Å². The molecule has 0 aliphatic rings. The van der Waals surface area contributed by atoms with Crippen LogP contribution in [0.4, 0.5) is 34.1 Å². The fourth-order valence-corrected chi connectivity index (χ4v) is 6.61. The number of nitrogens with zero attached hydrogens (tertiary/aromatic N) is 4. The Morgan fingerprint density at radius 2 is 1.03 bits per heavy atom. The number of benzene rings is 5. The molecular weight excluding hydrogens is 930 g/mol. The van der Waals surface area contributed by atoms with Gasteiger partial charge in [-0.25, -0.2) is 0 Å². The summed E-state index contributed by atoms with van der Waals surface area (Å²) in [5, 5.41) is 27.0. The van der Waals surface area contributed by atoms with Crippen molar-refractivity contribution in [3.8, 4) is 5.75 Å². The fraction of sp³-hybridized carbons (Fsp3) is 0.182. The van der Waals surface area contributed by atoms with Gasteiger partial charge in [0.15, 0.2) is 11.6 Å². The molecule has 5 aromatic rings. The minimum Gasteiger partial charge on any atom is -0.490 e. The highest BCUT2D eigenvalue weighted by Gasteiger charge is 2.27. The lowest BCUT2D eigenvalue weighted by atomic mass is 10.1. The Balaban J connectivity index is 1.29. The van der Waals surface area contributed by atoms with Gasteiger partial charge < -0.3 is 26.0 Å². The normalized spacial score (nSPS) is 12.0. The average Bonchev–Trinajstić information content (AvgIpc) is 3.27. The summed E-state index contributed by atoms with van der Waals surface area (Å²) in [5.74, 6) is -3.73. The number of hydrogen-bond acceptors (Lipinski definition) is 11. The molecule has 2 unspecified atom stereocenters. The smallest absolute Gasteiger partial charge is 0.258 e. The Labute approximate surface area is 391 Å². The highest BCUT2D eigenvalue weighted by atomic mass is 35.5. The Hall–Kier alpha value is -6.23. The molecule has 0 aromatic heterocycles. The molecule has 0 aliphatic heterocycles. The average molecular weight is 967 g/mol. The Kier molecular flexibility index (Phi) is 17.9. The van der Waals surface area contributed by atoms with Crippen LogP contribution in [0.1, 0.15) is 45.7 Å². The van der Waals surface area contributed by atoms with Crippen molar-refractivity contribution >= 4 is 127 Å². The van der Waals surface area contributed by atoms with Crippen molar-refractivity contribution in [3.05, 3.63) is 135 Å². The van der Waals surface area contributed by atoms with Crippen LogP contribution in [0, 0.1) is 0 Å². The van der Waals surface area contributed by atoms with Gasteiger partial charge in [0.1, 0.15) is 12.4 Å². The molecule has 20 heteroatoms. The van der Waals surface area contributed by atoms with Crippen LogP contribution in [0.5, 0.6) is 5.75 Å². The summed E-state index contributed by atoms with van der Waals surface area (Å²) >= 11 is 30.5. The molecule has 5 aromatic carbocycles. The van der Waals surface area contributed by atoms with Crippen molar-refractivity contribution in [1.29, 1.82) is 0 Å². The molecule has 15 nitrogen and oxygen atoms in total. The molecule has 0 radical (unpaired) electrons. The number of carbonyl (C=O) groups excluding carboxylic acids is 6. The van der Waals surface area contributed by atoms with Crippen molar-refractivity contribution in [2.45, 2.75) is 37.7 Å². The molecule has 330 valence electrons. The monoisotopic (exact) mass is 964 g/mol. The number of halogens is 5. The molecule has 0 aliphatic carbocycles. The maximum atomic E-state index is 13.5. The summed E-state index contributed by atoms with van der Waals surface area (Å²) in [4.78, 5) is 78.4. The van der Waals surface area contributed by atoms with Crippen molar-refractivity contribution < 1.29 is 33.5 Å². The van der Waals surface area contributed by atoms with Gasteiger partial charge in [-0.05, 0) is 85.6 Å². The predicted molar refractivity (Wildman–Crippen MR) is 249 cm³/mol. The molecule has 2 atom stereocenters. The van der Waals surface area contributed by atoms with Crippen molar-refractivity contribution in [2.75, 3.05) is 33.8 Å². The summed E-state index contributed by atoms with van der Waals surface area (Å²) in [6.45, 7) is 2.28. The zero-order valence-corrected chi connectivity index (χ0v) is 37.6. The zero-order chi connectivity index (χ0) is 46.3. The number of alkyl halides is 3. The van der Waals surface area contributed by atoms with Gasteiger partial charge in [-0.15, -0.1) is 34.8 Å². The van der Waals surface area contributed by atoms with E-state index in [0.29, 0.717) is 22.5 Å². The second-order valence-electron chi connectivity index (χ2n) is 13.5. The Bertz CT molecular complexity index is 2650. The lowest BCUT2D eigenvalue weighted by Crippen LogP contribution is -2.32. The van der Waals surface area contributed by atoms with E-state index in [2.05, 4.69) is 41.7 Å². The van der Waals surface area contributed by atoms with Crippen LogP contribution in [-0.2, 0) is 30.9 Å². The highest BCUT2D eigenvalue weighted by Crippen LogP contribution is 2.31. The zero-order valence-electron chi connectivity index (χ0n) is 33.8. The van der Waals surface area contributed by atoms with Gasteiger partial charge in [0, 0.05) is 34.9 Å². The van der Waals surface area contributed by atoms with Crippen LogP contribution in [0.15, 0.2) is 124 Å². The number of ketones is 2. The van der Waals surface area contributed by atoms with Gasteiger partial charge >= 0.3 is 0 Å². The largest absolute Gasteiger partial charge is 0.490 e. The maximum Gasteiger partial charge on any atom is 0.258 e. The fourth-order valence-electron chi connectivity index (χ4n) is 5.66. The third-order valence-corrected chi connectivity index (χ3v) is 10.3. The van der Waals surface area contributed by atoms with E-state index in [-0.39, 0.29) is 73.9 Å². The molecular formula is C44H37Cl5N8O7. The lowest BCUT2D eigenvalue weighted by Gasteiger charge is -2.16. The quantitative estimate of drug-likeness (QED) is 0.0357. The summed E-state index contributed by atoms with van der Waals surface area (Å²) < 4.78 is 5.73. The van der Waals surface area contributed by atoms with Gasteiger partial charge in [0.25, 0.3) is 23.6 Å². The molecule has 0 saturated heterocycles. The van der Waals surface area contributed by atoms with Crippen molar-refractivity contribution in [2.24, 2.45) is 20.5 Å². The third kappa shape index (κ3) is 13.2. The number of ether oxygens (including phenoxy) is 1. The van der Waals surface area contributed by atoms with Crippen molar-refractivity contribution in [1.82, 2.24) is 0 Å². The van der Waals surface area contributed by atoms with Gasteiger partial charge in [-0.3, -0.25) is 28.8 Å². The highest BCUT2D eigenvalue weighted by molar-refractivity contribution is 6.35. The molecule has 0 fully saturated rings.